The molecule has 0 aliphatic rings. The Kier molecular flexibility index (Phi) is 4.12. The van der Waals surface area contributed by atoms with Gasteiger partial charge in [0.05, 0.1) is 7.11 Å². The van der Waals surface area contributed by atoms with Crippen LogP contribution in [0.1, 0.15) is 18.5 Å². The van der Waals surface area contributed by atoms with Gasteiger partial charge in [-0.2, -0.15) is 0 Å². The molecule has 1 aromatic rings. The van der Waals surface area contributed by atoms with Crippen LogP contribution in [0.5, 0.6) is 0 Å². The topological polar surface area (TPSA) is 50.4 Å². The van der Waals surface area contributed by atoms with E-state index in [2.05, 4.69) is 15.4 Å². The van der Waals surface area contributed by atoms with Gasteiger partial charge in [-0.3, -0.25) is 5.32 Å². The number of hydrogen-bond donors (Lipinski definition) is 2. The highest BCUT2D eigenvalue weighted by Gasteiger charge is 2.10. The Bertz CT molecular complexity index is 339. The molecular weight excluding hydrogens is 192 g/mol. The molecule has 0 spiro atoms. The number of ether oxygens (including phenoxy) is 1. The van der Waals surface area contributed by atoms with Crippen LogP contribution in [-0.2, 0) is 4.74 Å². The van der Waals surface area contributed by atoms with E-state index in [4.69, 9.17) is 0 Å². The summed E-state index contributed by atoms with van der Waals surface area (Å²) in [5.74, 6) is 0. The largest absolute Gasteiger partial charge is 0.453 e. The maximum absolute atomic E-state index is 11.1. The number of rotatable bonds is 3. The minimum absolute atomic E-state index is 0.179. The van der Waals surface area contributed by atoms with Gasteiger partial charge in [0.15, 0.2) is 0 Å². The molecule has 1 aromatic carbocycles. The number of para-hydroxylation sites is 1. The van der Waals surface area contributed by atoms with Crippen LogP contribution in [0, 0.1) is 0 Å². The van der Waals surface area contributed by atoms with Crippen molar-refractivity contribution in [3.8, 4) is 0 Å². The molecule has 0 heterocycles. The zero-order chi connectivity index (χ0) is 11.3. The highest BCUT2D eigenvalue weighted by atomic mass is 16.5. The highest BCUT2D eigenvalue weighted by Crippen LogP contribution is 2.22. The van der Waals surface area contributed by atoms with Crippen molar-refractivity contribution in [1.82, 2.24) is 5.32 Å². The second-order valence-corrected chi connectivity index (χ2v) is 3.21. The summed E-state index contributed by atoms with van der Waals surface area (Å²) in [6, 6.07) is 7.80. The van der Waals surface area contributed by atoms with Crippen LogP contribution >= 0.6 is 0 Å². The van der Waals surface area contributed by atoms with Crippen molar-refractivity contribution in [2.45, 2.75) is 13.0 Å². The maximum Gasteiger partial charge on any atom is 0.411 e. The van der Waals surface area contributed by atoms with Gasteiger partial charge in [-0.25, -0.2) is 4.79 Å². The van der Waals surface area contributed by atoms with Gasteiger partial charge >= 0.3 is 6.09 Å². The molecular formula is C11H16N2O2. The van der Waals surface area contributed by atoms with E-state index in [1.54, 1.807) is 0 Å². The molecule has 4 heteroatoms. The number of methoxy groups -OCH3 is 1. The molecule has 0 fully saturated rings. The fourth-order valence-corrected chi connectivity index (χ4v) is 1.30. The zero-order valence-corrected chi connectivity index (χ0v) is 9.20. The van der Waals surface area contributed by atoms with Crippen molar-refractivity contribution in [1.29, 1.82) is 0 Å². The third kappa shape index (κ3) is 2.95. The van der Waals surface area contributed by atoms with Crippen molar-refractivity contribution >= 4 is 11.8 Å². The molecule has 0 aliphatic heterocycles. The summed E-state index contributed by atoms with van der Waals surface area (Å²) >= 11 is 0. The number of carbonyl (C=O) groups is 1. The van der Waals surface area contributed by atoms with Crippen molar-refractivity contribution in [3.05, 3.63) is 29.8 Å². The molecule has 2 N–H and O–H groups in total. The van der Waals surface area contributed by atoms with Crippen molar-refractivity contribution in [2.24, 2.45) is 0 Å². The lowest BCUT2D eigenvalue weighted by atomic mass is 10.1. The first-order valence-electron chi connectivity index (χ1n) is 4.80. The minimum Gasteiger partial charge on any atom is -0.453 e. The summed E-state index contributed by atoms with van der Waals surface area (Å²) in [7, 11) is 3.22. The monoisotopic (exact) mass is 208 g/mol. The predicted octanol–water partition coefficient (Wildman–Crippen LogP) is 2.15. The van der Waals surface area contributed by atoms with Crippen LogP contribution in [-0.4, -0.2) is 20.3 Å². The Hall–Kier alpha value is -1.55. The average Bonchev–Trinajstić information content (AvgIpc) is 2.28. The van der Waals surface area contributed by atoms with Crippen LogP contribution in [0.25, 0.3) is 0 Å². The zero-order valence-electron chi connectivity index (χ0n) is 9.20. The second-order valence-electron chi connectivity index (χ2n) is 3.21. The molecule has 0 bridgehead atoms. The number of nitrogens with one attached hydrogen (secondary N) is 2. The van der Waals surface area contributed by atoms with Gasteiger partial charge in [0.25, 0.3) is 0 Å². The van der Waals surface area contributed by atoms with Crippen molar-refractivity contribution in [3.63, 3.8) is 0 Å². The smallest absolute Gasteiger partial charge is 0.411 e. The van der Waals surface area contributed by atoms with Crippen LogP contribution in [0.15, 0.2) is 24.3 Å². The van der Waals surface area contributed by atoms with Crippen LogP contribution in [0.2, 0.25) is 0 Å². The van der Waals surface area contributed by atoms with Gasteiger partial charge in [-0.1, -0.05) is 18.2 Å². The molecule has 0 aromatic heterocycles. The first kappa shape index (κ1) is 11.5. The molecule has 0 saturated heterocycles. The molecule has 1 unspecified atom stereocenters. The van der Waals surface area contributed by atoms with E-state index in [9.17, 15) is 4.79 Å². The van der Waals surface area contributed by atoms with Crippen molar-refractivity contribution in [2.75, 3.05) is 19.5 Å². The van der Waals surface area contributed by atoms with Gasteiger partial charge < -0.3 is 10.1 Å². The molecule has 82 valence electrons. The van der Waals surface area contributed by atoms with Gasteiger partial charge in [-0.05, 0) is 25.6 Å². The van der Waals surface area contributed by atoms with E-state index in [1.807, 2.05) is 38.2 Å². The lowest BCUT2D eigenvalue weighted by molar-refractivity contribution is 0.187. The van der Waals surface area contributed by atoms with Gasteiger partial charge in [-0.15, -0.1) is 0 Å². The Morgan fingerprint density at radius 3 is 2.67 bits per heavy atom. The predicted molar refractivity (Wildman–Crippen MR) is 59.9 cm³/mol. The third-order valence-electron chi connectivity index (χ3n) is 2.28. The fraction of sp³-hybridized carbons (Fsp3) is 0.364. The van der Waals surface area contributed by atoms with Gasteiger partial charge in [0, 0.05) is 11.7 Å². The number of carbonyl (C=O) groups excluding carboxylic acids is 1. The van der Waals surface area contributed by atoms with Crippen molar-refractivity contribution < 1.29 is 9.53 Å². The Balaban J connectivity index is 2.91. The number of amides is 1. The number of hydrogen-bond acceptors (Lipinski definition) is 3. The Labute approximate surface area is 89.6 Å². The molecule has 4 nitrogen and oxygen atoms in total. The van der Waals surface area contributed by atoms with Gasteiger partial charge in [0.1, 0.15) is 0 Å². The average molecular weight is 208 g/mol. The minimum atomic E-state index is -0.453. The van der Waals surface area contributed by atoms with E-state index in [1.165, 1.54) is 7.11 Å². The highest BCUT2D eigenvalue weighted by molar-refractivity contribution is 5.85. The Morgan fingerprint density at radius 1 is 1.40 bits per heavy atom. The number of anilines is 1. The number of benzene rings is 1. The summed E-state index contributed by atoms with van der Waals surface area (Å²) in [5.41, 5.74) is 1.80. The first-order valence-corrected chi connectivity index (χ1v) is 4.80. The standard InChI is InChI=1S/C11H16N2O2/c1-8(12-2)9-6-4-5-7-10(9)13-11(14)15-3/h4-8,12H,1-3H3,(H,13,14). The van der Waals surface area contributed by atoms with Crippen LogP contribution in [0.3, 0.4) is 0 Å². The first-order chi connectivity index (χ1) is 7.19. The summed E-state index contributed by atoms with van der Waals surface area (Å²) in [6.45, 7) is 2.03. The molecule has 1 rings (SSSR count). The molecule has 15 heavy (non-hydrogen) atoms. The molecule has 0 radical (unpaired) electrons. The molecule has 1 amide bonds. The summed E-state index contributed by atoms with van der Waals surface area (Å²) in [4.78, 5) is 11.1. The summed E-state index contributed by atoms with van der Waals surface area (Å²) < 4.78 is 4.55. The molecule has 1 atom stereocenters. The van der Waals surface area contributed by atoms with E-state index in [-0.39, 0.29) is 6.04 Å². The van der Waals surface area contributed by atoms with E-state index < -0.39 is 6.09 Å². The van der Waals surface area contributed by atoms with Crippen LogP contribution in [0.4, 0.5) is 10.5 Å². The van der Waals surface area contributed by atoms with E-state index in [0.29, 0.717) is 0 Å². The molecule has 0 saturated carbocycles. The Morgan fingerprint density at radius 2 is 2.07 bits per heavy atom. The quantitative estimate of drug-likeness (QED) is 0.800. The molecule has 0 aliphatic carbocycles. The van der Waals surface area contributed by atoms with E-state index in [0.717, 1.165) is 11.3 Å². The lowest BCUT2D eigenvalue weighted by Gasteiger charge is -2.15. The third-order valence-corrected chi connectivity index (χ3v) is 2.28. The normalized spacial score (nSPS) is 11.9. The van der Waals surface area contributed by atoms with Crippen LogP contribution < -0.4 is 10.6 Å². The second kappa shape index (κ2) is 5.36. The summed E-state index contributed by atoms with van der Waals surface area (Å²) in [5, 5.41) is 5.80. The van der Waals surface area contributed by atoms with Gasteiger partial charge in [0.2, 0.25) is 0 Å². The van der Waals surface area contributed by atoms with E-state index >= 15 is 0 Å². The SMILES string of the molecule is CNC(C)c1ccccc1NC(=O)OC. The maximum atomic E-state index is 11.1. The lowest BCUT2D eigenvalue weighted by Crippen LogP contribution is -2.17. The fourth-order valence-electron chi connectivity index (χ4n) is 1.30. The summed E-state index contributed by atoms with van der Waals surface area (Å²) in [6.07, 6.45) is -0.453.